The number of aromatic nitrogens is 2. The van der Waals surface area contributed by atoms with Gasteiger partial charge in [0.05, 0.1) is 12.2 Å². The molecule has 0 bridgehead atoms. The second kappa shape index (κ2) is 13.0. The van der Waals surface area contributed by atoms with Gasteiger partial charge >= 0.3 is 0 Å². The molecule has 1 saturated carbocycles. The Kier molecular flexibility index (Phi) is 9.49. The van der Waals surface area contributed by atoms with Crippen LogP contribution in [0.2, 0.25) is 0 Å². The molecule has 1 N–H and O–H groups in total. The van der Waals surface area contributed by atoms with Gasteiger partial charge in [-0.05, 0) is 44.2 Å². The topological polar surface area (TPSA) is 101 Å². The molecule has 10 heteroatoms. The van der Waals surface area contributed by atoms with Gasteiger partial charge in [-0.2, -0.15) is 4.98 Å². The lowest BCUT2D eigenvalue weighted by atomic mass is 10.0. The van der Waals surface area contributed by atoms with Crippen molar-refractivity contribution in [3.8, 4) is 17.1 Å². The fraction of sp³-hybridized carbons (Fsp3) is 0.630. The van der Waals surface area contributed by atoms with Gasteiger partial charge in [-0.3, -0.25) is 14.5 Å². The molecule has 1 aliphatic heterocycles. The van der Waals surface area contributed by atoms with Crippen molar-refractivity contribution in [3.63, 3.8) is 0 Å². The van der Waals surface area contributed by atoms with E-state index in [1.54, 1.807) is 30.9 Å². The number of rotatable bonds is 11. The van der Waals surface area contributed by atoms with Crippen LogP contribution in [-0.4, -0.2) is 77.1 Å². The van der Waals surface area contributed by atoms with Gasteiger partial charge in [-0.25, -0.2) is 4.39 Å². The Labute approximate surface area is 217 Å². The predicted octanol–water partition coefficient (Wildman–Crippen LogP) is 3.44. The zero-order chi connectivity index (χ0) is 26.2. The van der Waals surface area contributed by atoms with Crippen LogP contribution in [0.4, 0.5) is 4.39 Å². The highest BCUT2D eigenvalue weighted by Crippen LogP contribution is 2.29. The van der Waals surface area contributed by atoms with E-state index in [9.17, 15) is 14.0 Å². The highest BCUT2D eigenvalue weighted by atomic mass is 19.1. The van der Waals surface area contributed by atoms with Gasteiger partial charge in [0.25, 0.3) is 0 Å². The Morgan fingerprint density at radius 2 is 1.97 bits per heavy atom. The van der Waals surface area contributed by atoms with Crippen molar-refractivity contribution in [2.24, 2.45) is 5.92 Å². The summed E-state index contributed by atoms with van der Waals surface area (Å²) in [4.78, 5) is 32.5. The van der Waals surface area contributed by atoms with E-state index < -0.39 is 11.9 Å². The third kappa shape index (κ3) is 7.50. The molecule has 37 heavy (non-hydrogen) atoms. The van der Waals surface area contributed by atoms with Gasteiger partial charge < -0.3 is 19.5 Å². The monoisotopic (exact) mass is 515 g/mol. The molecule has 2 amide bonds. The summed E-state index contributed by atoms with van der Waals surface area (Å²) < 4.78 is 25.9. The van der Waals surface area contributed by atoms with E-state index in [1.807, 2.05) is 0 Å². The largest absolute Gasteiger partial charge is 0.493 e. The van der Waals surface area contributed by atoms with Crippen molar-refractivity contribution in [3.05, 3.63) is 29.9 Å². The van der Waals surface area contributed by atoms with E-state index >= 15 is 0 Å². The molecular formula is C27H38FN5O4. The van der Waals surface area contributed by atoms with Gasteiger partial charge in [0.1, 0.15) is 17.6 Å². The van der Waals surface area contributed by atoms with Crippen LogP contribution in [0.15, 0.2) is 22.7 Å². The molecule has 1 aliphatic carbocycles. The second-order valence-electron chi connectivity index (χ2n) is 10.0. The van der Waals surface area contributed by atoms with Gasteiger partial charge in [0.2, 0.25) is 23.5 Å². The van der Waals surface area contributed by atoms with Crippen molar-refractivity contribution in [1.29, 1.82) is 0 Å². The number of ether oxygens (including phenoxy) is 1. The van der Waals surface area contributed by atoms with Crippen LogP contribution in [0.1, 0.15) is 58.3 Å². The van der Waals surface area contributed by atoms with Crippen LogP contribution in [0, 0.1) is 11.7 Å². The minimum absolute atomic E-state index is 0.0406. The van der Waals surface area contributed by atoms with Crippen molar-refractivity contribution < 1.29 is 23.2 Å². The number of amides is 2. The number of hydrogen-bond acceptors (Lipinski definition) is 7. The van der Waals surface area contributed by atoms with Crippen LogP contribution in [0.5, 0.6) is 5.75 Å². The molecule has 1 atom stereocenters. The van der Waals surface area contributed by atoms with E-state index in [1.165, 1.54) is 31.7 Å². The predicted molar refractivity (Wildman–Crippen MR) is 136 cm³/mol. The molecule has 2 aromatic rings. The molecule has 202 valence electrons. The first-order chi connectivity index (χ1) is 17.9. The molecule has 2 fully saturated rings. The van der Waals surface area contributed by atoms with Crippen molar-refractivity contribution >= 4 is 11.8 Å². The lowest BCUT2D eigenvalue weighted by Gasteiger charge is -2.36. The SMILES string of the molecule is CCC(=O)N[C@H](C)C(=O)N1CCN(CCCOc2ccc(-c3noc(CC4CCCC4)n3)c(F)c2)CC1. The molecule has 2 heterocycles. The van der Waals surface area contributed by atoms with E-state index in [-0.39, 0.29) is 17.6 Å². The highest BCUT2D eigenvalue weighted by Gasteiger charge is 2.25. The molecule has 1 saturated heterocycles. The van der Waals surface area contributed by atoms with E-state index in [0.717, 1.165) is 32.5 Å². The normalized spacial score (nSPS) is 17.6. The average molecular weight is 516 g/mol. The third-order valence-corrected chi connectivity index (χ3v) is 7.23. The van der Waals surface area contributed by atoms with Crippen LogP contribution < -0.4 is 10.1 Å². The van der Waals surface area contributed by atoms with Crippen molar-refractivity contribution in [2.45, 2.75) is 64.8 Å². The number of piperazine rings is 1. The summed E-state index contributed by atoms with van der Waals surface area (Å²) in [6, 6.07) is 4.23. The minimum Gasteiger partial charge on any atom is -0.493 e. The van der Waals surface area contributed by atoms with Gasteiger partial charge in [-0.1, -0.05) is 24.9 Å². The molecule has 1 aromatic carbocycles. The van der Waals surface area contributed by atoms with E-state index in [0.29, 0.717) is 49.2 Å². The summed E-state index contributed by atoms with van der Waals surface area (Å²) in [6.07, 6.45) is 6.79. The summed E-state index contributed by atoms with van der Waals surface area (Å²) in [5, 5.41) is 6.70. The standard InChI is InChI=1S/C27H38FN5O4/c1-3-24(34)29-19(2)27(35)33-14-12-32(13-15-33)11-6-16-36-21-9-10-22(23(28)18-21)26-30-25(37-31-26)17-20-7-4-5-8-20/h9-10,18-20H,3-8,11-17H2,1-2H3,(H,29,34)/t19-/m1/s1. The fourth-order valence-electron chi connectivity index (χ4n) is 5.02. The Bertz CT molecular complexity index is 1050. The molecule has 2 aliphatic rings. The average Bonchev–Trinajstić information content (AvgIpc) is 3.59. The van der Waals surface area contributed by atoms with E-state index in [2.05, 4.69) is 20.4 Å². The molecule has 0 spiro atoms. The maximum Gasteiger partial charge on any atom is 0.244 e. The number of benzene rings is 1. The summed E-state index contributed by atoms with van der Waals surface area (Å²) in [5.41, 5.74) is 0.310. The maximum absolute atomic E-state index is 14.7. The van der Waals surface area contributed by atoms with Crippen LogP contribution in [0.3, 0.4) is 0 Å². The highest BCUT2D eigenvalue weighted by molar-refractivity contribution is 5.87. The summed E-state index contributed by atoms with van der Waals surface area (Å²) >= 11 is 0. The lowest BCUT2D eigenvalue weighted by Crippen LogP contribution is -2.54. The Balaban J connectivity index is 1.16. The smallest absolute Gasteiger partial charge is 0.244 e. The Morgan fingerprint density at radius 1 is 1.22 bits per heavy atom. The van der Waals surface area contributed by atoms with E-state index in [4.69, 9.17) is 9.26 Å². The summed E-state index contributed by atoms with van der Waals surface area (Å²) in [7, 11) is 0. The molecule has 9 nitrogen and oxygen atoms in total. The lowest BCUT2D eigenvalue weighted by molar-refractivity contribution is -0.137. The minimum atomic E-state index is -0.502. The zero-order valence-electron chi connectivity index (χ0n) is 21.9. The Morgan fingerprint density at radius 3 is 2.68 bits per heavy atom. The first-order valence-electron chi connectivity index (χ1n) is 13.5. The second-order valence-corrected chi connectivity index (χ2v) is 10.0. The molecule has 1 aromatic heterocycles. The number of carbonyl (C=O) groups excluding carboxylic acids is 2. The number of nitrogens with one attached hydrogen (secondary N) is 1. The molecule has 4 rings (SSSR count). The van der Waals surface area contributed by atoms with Gasteiger partial charge in [-0.15, -0.1) is 0 Å². The number of nitrogens with zero attached hydrogens (tertiary/aromatic N) is 4. The number of halogens is 1. The Hall–Kier alpha value is -3.01. The van der Waals surface area contributed by atoms with Gasteiger partial charge in [0, 0.05) is 51.6 Å². The number of carbonyl (C=O) groups is 2. The first-order valence-corrected chi connectivity index (χ1v) is 13.5. The molecule has 0 unspecified atom stereocenters. The van der Waals surface area contributed by atoms with Crippen LogP contribution >= 0.6 is 0 Å². The van der Waals surface area contributed by atoms with Crippen molar-refractivity contribution in [1.82, 2.24) is 25.3 Å². The third-order valence-electron chi connectivity index (χ3n) is 7.23. The zero-order valence-corrected chi connectivity index (χ0v) is 21.9. The van der Waals surface area contributed by atoms with Crippen molar-refractivity contribution in [2.75, 3.05) is 39.3 Å². The summed E-state index contributed by atoms with van der Waals surface area (Å²) in [6.45, 7) is 7.61. The quantitative estimate of drug-likeness (QED) is 0.458. The van der Waals surface area contributed by atoms with Gasteiger partial charge in [0.15, 0.2) is 0 Å². The molecular weight excluding hydrogens is 477 g/mol. The van der Waals surface area contributed by atoms with Crippen LogP contribution in [0.25, 0.3) is 11.4 Å². The maximum atomic E-state index is 14.7. The van der Waals surface area contributed by atoms with Crippen LogP contribution in [-0.2, 0) is 16.0 Å². The molecule has 0 radical (unpaired) electrons. The number of hydrogen-bond donors (Lipinski definition) is 1. The fourth-order valence-corrected chi connectivity index (χ4v) is 5.02. The first kappa shape index (κ1) is 27.0. The summed E-state index contributed by atoms with van der Waals surface area (Å²) in [5.74, 6) is 1.31.